The van der Waals surface area contributed by atoms with Crippen LogP contribution in [0.5, 0.6) is 0 Å². The Hall–Kier alpha value is -2.61. The molecule has 0 radical (unpaired) electrons. The van der Waals surface area contributed by atoms with Crippen LogP contribution in [-0.2, 0) is 4.79 Å². The maximum absolute atomic E-state index is 12.4. The lowest BCUT2D eigenvalue weighted by atomic mass is 10.2. The van der Waals surface area contributed by atoms with E-state index in [4.69, 9.17) is 4.52 Å². The van der Waals surface area contributed by atoms with Crippen molar-refractivity contribution in [1.29, 1.82) is 0 Å². The van der Waals surface area contributed by atoms with E-state index in [0.717, 1.165) is 29.6 Å². The summed E-state index contributed by atoms with van der Waals surface area (Å²) in [5.74, 6) is 1.72. The van der Waals surface area contributed by atoms with Crippen molar-refractivity contribution in [3.05, 3.63) is 36.1 Å². The summed E-state index contributed by atoms with van der Waals surface area (Å²) in [4.78, 5) is 21.6. The van der Waals surface area contributed by atoms with Gasteiger partial charge < -0.3 is 15.2 Å². The van der Waals surface area contributed by atoms with Gasteiger partial charge in [0.1, 0.15) is 11.6 Å². The Bertz CT molecular complexity index is 954. The van der Waals surface area contributed by atoms with Crippen molar-refractivity contribution in [3.8, 4) is 0 Å². The number of fused-ring (bicyclic) bond motifs is 1. The summed E-state index contributed by atoms with van der Waals surface area (Å²) in [7, 11) is 0. The number of rotatable bonds is 6. The quantitative estimate of drug-likeness (QED) is 0.506. The van der Waals surface area contributed by atoms with Crippen molar-refractivity contribution < 1.29 is 9.32 Å². The number of para-hydroxylation sites is 1. The van der Waals surface area contributed by atoms with Crippen LogP contribution in [0.1, 0.15) is 25.5 Å². The van der Waals surface area contributed by atoms with Gasteiger partial charge in [0.25, 0.3) is 0 Å². The molecule has 2 heterocycles. The molecule has 1 saturated carbocycles. The Morgan fingerprint density at radius 3 is 2.85 bits per heavy atom. The van der Waals surface area contributed by atoms with Gasteiger partial charge in [-0.1, -0.05) is 29.1 Å². The molecule has 1 aliphatic rings. The van der Waals surface area contributed by atoms with Crippen molar-refractivity contribution in [2.24, 2.45) is 0 Å². The smallest absolute Gasteiger partial charge is 0.238 e. The zero-order chi connectivity index (χ0) is 18.1. The van der Waals surface area contributed by atoms with E-state index in [1.54, 1.807) is 13.0 Å². The third kappa shape index (κ3) is 3.80. The predicted octanol–water partition coefficient (Wildman–Crippen LogP) is 3.62. The Morgan fingerprint density at radius 2 is 2.12 bits per heavy atom. The third-order valence-electron chi connectivity index (χ3n) is 4.03. The molecule has 26 heavy (non-hydrogen) atoms. The van der Waals surface area contributed by atoms with Gasteiger partial charge in [-0.3, -0.25) is 4.79 Å². The number of nitrogens with zero attached hydrogens (tertiary/aromatic N) is 3. The van der Waals surface area contributed by atoms with Crippen molar-refractivity contribution in [2.45, 2.75) is 43.1 Å². The van der Waals surface area contributed by atoms with Crippen LogP contribution >= 0.6 is 11.8 Å². The van der Waals surface area contributed by atoms with Gasteiger partial charge in [0.2, 0.25) is 5.91 Å². The van der Waals surface area contributed by atoms with E-state index in [0.29, 0.717) is 22.8 Å². The SMILES string of the molecule is Cc1cc(NC(=O)[C@H](C)Sc2nc(NC3CC3)c3ccccc3n2)no1. The second-order valence-corrected chi connectivity index (χ2v) is 7.67. The van der Waals surface area contributed by atoms with Gasteiger partial charge in [-0.15, -0.1) is 0 Å². The van der Waals surface area contributed by atoms with Gasteiger partial charge in [-0.25, -0.2) is 9.97 Å². The minimum atomic E-state index is -0.373. The number of hydrogen-bond donors (Lipinski definition) is 2. The first kappa shape index (κ1) is 16.8. The molecule has 134 valence electrons. The normalized spacial score (nSPS) is 15.0. The summed E-state index contributed by atoms with van der Waals surface area (Å²) in [6.45, 7) is 3.59. The van der Waals surface area contributed by atoms with Crippen molar-refractivity contribution >= 4 is 40.2 Å². The number of nitrogens with one attached hydrogen (secondary N) is 2. The summed E-state index contributed by atoms with van der Waals surface area (Å²) in [6.07, 6.45) is 2.33. The molecule has 1 fully saturated rings. The predicted molar refractivity (Wildman–Crippen MR) is 101 cm³/mol. The molecule has 0 bridgehead atoms. The number of amides is 1. The number of aromatic nitrogens is 3. The fourth-order valence-corrected chi connectivity index (χ4v) is 3.28. The van der Waals surface area contributed by atoms with E-state index >= 15 is 0 Å². The highest BCUT2D eigenvalue weighted by Crippen LogP contribution is 2.31. The van der Waals surface area contributed by atoms with Gasteiger partial charge in [0, 0.05) is 17.5 Å². The third-order valence-corrected chi connectivity index (χ3v) is 4.99. The van der Waals surface area contributed by atoms with E-state index in [1.807, 2.05) is 31.2 Å². The Kier molecular flexibility index (Phi) is 4.50. The highest BCUT2D eigenvalue weighted by atomic mass is 32.2. The summed E-state index contributed by atoms with van der Waals surface area (Å²) < 4.78 is 4.97. The van der Waals surface area contributed by atoms with E-state index in [9.17, 15) is 4.79 Å². The van der Waals surface area contributed by atoms with Crippen LogP contribution in [0.25, 0.3) is 10.9 Å². The summed E-state index contributed by atoms with van der Waals surface area (Å²) in [5.41, 5.74) is 0.868. The van der Waals surface area contributed by atoms with E-state index < -0.39 is 0 Å². The molecule has 2 aromatic heterocycles. The van der Waals surface area contributed by atoms with E-state index in [2.05, 4.69) is 25.8 Å². The van der Waals surface area contributed by atoms with E-state index in [1.165, 1.54) is 11.8 Å². The lowest BCUT2D eigenvalue weighted by Crippen LogP contribution is -2.23. The van der Waals surface area contributed by atoms with Gasteiger partial charge in [0.05, 0.1) is 10.8 Å². The lowest BCUT2D eigenvalue weighted by Gasteiger charge is -2.12. The van der Waals surface area contributed by atoms with Crippen LogP contribution in [-0.4, -0.2) is 32.3 Å². The number of aryl methyl sites for hydroxylation is 1. The van der Waals surface area contributed by atoms with Crippen LogP contribution < -0.4 is 10.6 Å². The first-order chi connectivity index (χ1) is 12.6. The fraction of sp³-hybridized carbons (Fsp3) is 0.333. The van der Waals surface area contributed by atoms with Crippen LogP contribution in [0, 0.1) is 6.92 Å². The Labute approximate surface area is 155 Å². The molecule has 0 saturated heterocycles. The van der Waals surface area contributed by atoms with Crippen molar-refractivity contribution in [1.82, 2.24) is 15.1 Å². The summed E-state index contributed by atoms with van der Waals surface area (Å²) >= 11 is 1.32. The number of carbonyl (C=O) groups is 1. The molecule has 2 N–H and O–H groups in total. The second-order valence-electron chi connectivity index (χ2n) is 6.36. The van der Waals surface area contributed by atoms with Crippen molar-refractivity contribution in [2.75, 3.05) is 10.6 Å². The molecule has 0 unspecified atom stereocenters. The minimum Gasteiger partial charge on any atom is -0.367 e. The molecule has 1 amide bonds. The van der Waals surface area contributed by atoms with Crippen LogP contribution in [0.15, 0.2) is 40.0 Å². The van der Waals surface area contributed by atoms with Gasteiger partial charge in [0.15, 0.2) is 11.0 Å². The molecule has 0 aliphatic heterocycles. The number of thioether (sulfide) groups is 1. The van der Waals surface area contributed by atoms with Crippen LogP contribution in [0.4, 0.5) is 11.6 Å². The number of anilines is 2. The second kappa shape index (κ2) is 6.95. The Morgan fingerprint density at radius 1 is 1.31 bits per heavy atom. The molecule has 1 aromatic carbocycles. The Balaban J connectivity index is 1.52. The molecule has 1 atom stereocenters. The minimum absolute atomic E-state index is 0.170. The maximum Gasteiger partial charge on any atom is 0.238 e. The standard InChI is InChI=1S/C18H19N5O2S/c1-10-9-15(23-25-10)21-17(24)11(2)26-18-20-14-6-4-3-5-13(14)16(22-18)19-12-7-8-12/h3-6,9,11-12H,7-8H2,1-2H3,(H,19,20,22)(H,21,23,24)/t11-/m0/s1. The molecule has 4 rings (SSSR count). The first-order valence-electron chi connectivity index (χ1n) is 8.52. The number of benzene rings is 1. The van der Waals surface area contributed by atoms with E-state index in [-0.39, 0.29) is 11.2 Å². The largest absolute Gasteiger partial charge is 0.367 e. The monoisotopic (exact) mass is 369 g/mol. The van der Waals surface area contributed by atoms with Crippen molar-refractivity contribution in [3.63, 3.8) is 0 Å². The molecular weight excluding hydrogens is 350 g/mol. The topological polar surface area (TPSA) is 92.9 Å². The molecule has 7 nitrogen and oxygen atoms in total. The summed E-state index contributed by atoms with van der Waals surface area (Å²) in [6, 6.07) is 10.1. The highest BCUT2D eigenvalue weighted by Gasteiger charge is 2.24. The average molecular weight is 369 g/mol. The molecular formula is C18H19N5O2S. The highest BCUT2D eigenvalue weighted by molar-refractivity contribution is 8.00. The first-order valence-corrected chi connectivity index (χ1v) is 9.40. The zero-order valence-corrected chi connectivity index (χ0v) is 15.3. The molecule has 1 aliphatic carbocycles. The number of carbonyl (C=O) groups excluding carboxylic acids is 1. The summed E-state index contributed by atoms with van der Waals surface area (Å²) in [5, 5.41) is 11.2. The van der Waals surface area contributed by atoms with Crippen LogP contribution in [0.3, 0.4) is 0 Å². The maximum atomic E-state index is 12.4. The molecule has 0 spiro atoms. The zero-order valence-electron chi connectivity index (χ0n) is 14.5. The average Bonchev–Trinajstić information content (AvgIpc) is 3.35. The van der Waals surface area contributed by atoms with Crippen LogP contribution in [0.2, 0.25) is 0 Å². The molecule has 8 heteroatoms. The van der Waals surface area contributed by atoms with Gasteiger partial charge in [-0.2, -0.15) is 0 Å². The van der Waals surface area contributed by atoms with Gasteiger partial charge >= 0.3 is 0 Å². The number of hydrogen-bond acceptors (Lipinski definition) is 7. The lowest BCUT2D eigenvalue weighted by molar-refractivity contribution is -0.115. The molecule has 3 aromatic rings. The fourth-order valence-electron chi connectivity index (χ4n) is 2.50. The van der Waals surface area contributed by atoms with Gasteiger partial charge in [-0.05, 0) is 38.8 Å².